The molecule has 3 rings (SSSR count). The SMILES string of the molecule is COc1ccc(OC)c(C[NH+]2CCN(C(=O)c3ccc([N+](=O)[O-])cc3)CC2)c1. The van der Waals surface area contributed by atoms with E-state index in [0.717, 1.165) is 36.7 Å². The number of nitro benzene ring substituents is 1. The van der Waals surface area contributed by atoms with Crippen LogP contribution in [0.3, 0.4) is 0 Å². The standard InChI is InChI=1S/C20H23N3O5/c1-27-18-7-8-19(28-2)16(13-18)14-21-9-11-22(12-10-21)20(24)15-3-5-17(6-4-15)23(25)26/h3-8,13H,9-12,14H2,1-2H3/p+1. The summed E-state index contributed by atoms with van der Waals surface area (Å²) >= 11 is 0. The van der Waals surface area contributed by atoms with Gasteiger partial charge in [0.15, 0.2) is 0 Å². The summed E-state index contributed by atoms with van der Waals surface area (Å²) in [5.74, 6) is 1.53. The van der Waals surface area contributed by atoms with E-state index in [1.807, 2.05) is 18.2 Å². The van der Waals surface area contributed by atoms with Gasteiger partial charge in [-0.05, 0) is 30.3 Å². The number of amides is 1. The average Bonchev–Trinajstić information content (AvgIpc) is 2.73. The van der Waals surface area contributed by atoms with Crippen molar-refractivity contribution in [1.29, 1.82) is 0 Å². The topological polar surface area (TPSA) is 86.3 Å². The van der Waals surface area contributed by atoms with Crippen molar-refractivity contribution in [3.63, 3.8) is 0 Å². The molecule has 8 heteroatoms. The summed E-state index contributed by atoms with van der Waals surface area (Å²) in [6, 6.07) is 11.5. The Morgan fingerprint density at radius 3 is 2.36 bits per heavy atom. The molecule has 8 nitrogen and oxygen atoms in total. The minimum absolute atomic E-state index is 0.0157. The molecule has 2 aromatic rings. The second-order valence-electron chi connectivity index (χ2n) is 6.70. The van der Waals surface area contributed by atoms with Crippen molar-refractivity contribution in [2.45, 2.75) is 6.54 Å². The number of carbonyl (C=O) groups is 1. The van der Waals surface area contributed by atoms with Gasteiger partial charge in [-0.2, -0.15) is 0 Å². The molecule has 0 aromatic heterocycles. The molecule has 1 fully saturated rings. The maximum absolute atomic E-state index is 12.6. The number of nitrogens with zero attached hydrogens (tertiary/aromatic N) is 2. The highest BCUT2D eigenvalue weighted by atomic mass is 16.6. The summed E-state index contributed by atoms with van der Waals surface area (Å²) in [6.07, 6.45) is 0. The molecule has 0 saturated carbocycles. The van der Waals surface area contributed by atoms with Crippen LogP contribution in [0.4, 0.5) is 5.69 Å². The Labute approximate surface area is 163 Å². The molecule has 0 bridgehead atoms. The van der Waals surface area contributed by atoms with Crippen molar-refractivity contribution in [2.75, 3.05) is 40.4 Å². The highest BCUT2D eigenvalue weighted by Crippen LogP contribution is 2.23. The fraction of sp³-hybridized carbons (Fsp3) is 0.350. The van der Waals surface area contributed by atoms with E-state index in [0.29, 0.717) is 18.7 Å². The number of nitro groups is 1. The third kappa shape index (κ3) is 4.40. The van der Waals surface area contributed by atoms with Crippen molar-refractivity contribution < 1.29 is 24.1 Å². The number of piperazine rings is 1. The van der Waals surface area contributed by atoms with Gasteiger partial charge >= 0.3 is 0 Å². The van der Waals surface area contributed by atoms with Crippen molar-refractivity contribution in [2.24, 2.45) is 0 Å². The molecule has 0 unspecified atom stereocenters. The Balaban J connectivity index is 1.60. The number of carbonyl (C=O) groups excluding carboxylic acids is 1. The fourth-order valence-electron chi connectivity index (χ4n) is 3.40. The minimum Gasteiger partial charge on any atom is -0.497 e. The van der Waals surface area contributed by atoms with Crippen LogP contribution < -0.4 is 14.4 Å². The molecule has 0 spiro atoms. The number of hydrogen-bond donors (Lipinski definition) is 1. The first kappa shape index (κ1) is 19.6. The molecule has 1 N–H and O–H groups in total. The predicted octanol–water partition coefficient (Wildman–Crippen LogP) is 1.15. The monoisotopic (exact) mass is 386 g/mol. The number of benzene rings is 2. The Hall–Kier alpha value is -3.13. The molecular weight excluding hydrogens is 362 g/mol. The van der Waals surface area contributed by atoms with E-state index >= 15 is 0 Å². The Kier molecular flexibility index (Phi) is 6.10. The fourth-order valence-corrected chi connectivity index (χ4v) is 3.40. The highest BCUT2D eigenvalue weighted by Gasteiger charge is 2.25. The zero-order chi connectivity index (χ0) is 20.1. The van der Waals surface area contributed by atoms with E-state index in [-0.39, 0.29) is 11.6 Å². The molecule has 0 aliphatic carbocycles. The van der Waals surface area contributed by atoms with Crippen LogP contribution in [0.25, 0.3) is 0 Å². The molecule has 2 aromatic carbocycles. The summed E-state index contributed by atoms with van der Waals surface area (Å²) in [5, 5.41) is 10.7. The number of hydrogen-bond acceptors (Lipinski definition) is 5. The van der Waals surface area contributed by atoms with E-state index in [1.165, 1.54) is 29.2 Å². The summed E-state index contributed by atoms with van der Waals surface area (Å²) in [7, 11) is 3.29. The number of quaternary nitrogens is 1. The zero-order valence-electron chi connectivity index (χ0n) is 16.0. The van der Waals surface area contributed by atoms with Gasteiger partial charge in [0.2, 0.25) is 0 Å². The normalized spacial score (nSPS) is 14.6. The lowest BCUT2D eigenvalue weighted by molar-refractivity contribution is -0.917. The lowest BCUT2D eigenvalue weighted by Crippen LogP contribution is -3.13. The number of rotatable bonds is 6. The van der Waals surface area contributed by atoms with E-state index < -0.39 is 4.92 Å². The number of non-ortho nitro benzene ring substituents is 1. The Bertz CT molecular complexity index is 845. The average molecular weight is 386 g/mol. The number of ether oxygens (including phenoxy) is 2. The lowest BCUT2D eigenvalue weighted by atomic mass is 10.1. The van der Waals surface area contributed by atoms with Crippen molar-refractivity contribution >= 4 is 11.6 Å². The van der Waals surface area contributed by atoms with Crippen molar-refractivity contribution in [3.8, 4) is 11.5 Å². The van der Waals surface area contributed by atoms with Gasteiger partial charge in [-0.3, -0.25) is 14.9 Å². The first-order valence-corrected chi connectivity index (χ1v) is 9.10. The molecule has 0 atom stereocenters. The van der Waals surface area contributed by atoms with Crippen LogP contribution in [0.15, 0.2) is 42.5 Å². The predicted molar refractivity (Wildman–Crippen MR) is 103 cm³/mol. The van der Waals surface area contributed by atoms with Gasteiger partial charge in [0.25, 0.3) is 11.6 Å². The first-order chi connectivity index (χ1) is 13.5. The number of nitrogens with one attached hydrogen (secondary N) is 1. The first-order valence-electron chi connectivity index (χ1n) is 9.10. The minimum atomic E-state index is -0.469. The molecule has 1 saturated heterocycles. The van der Waals surface area contributed by atoms with Crippen LogP contribution in [0.2, 0.25) is 0 Å². The summed E-state index contributed by atoms with van der Waals surface area (Å²) in [6.45, 7) is 3.70. The van der Waals surface area contributed by atoms with Gasteiger partial charge < -0.3 is 19.3 Å². The van der Waals surface area contributed by atoms with E-state index in [2.05, 4.69) is 0 Å². The maximum Gasteiger partial charge on any atom is 0.269 e. The smallest absolute Gasteiger partial charge is 0.269 e. The van der Waals surface area contributed by atoms with Gasteiger partial charge in [0, 0.05) is 17.7 Å². The van der Waals surface area contributed by atoms with Crippen molar-refractivity contribution in [1.82, 2.24) is 4.90 Å². The summed E-state index contributed by atoms with van der Waals surface area (Å²) in [5.41, 5.74) is 1.54. The van der Waals surface area contributed by atoms with Gasteiger partial charge in [-0.25, -0.2) is 0 Å². The molecule has 0 radical (unpaired) electrons. The molecule has 1 aliphatic rings. The van der Waals surface area contributed by atoms with Crippen LogP contribution in [0.1, 0.15) is 15.9 Å². The molecule has 1 aliphatic heterocycles. The van der Waals surface area contributed by atoms with Crippen molar-refractivity contribution in [3.05, 3.63) is 63.7 Å². The molecule has 1 heterocycles. The Morgan fingerprint density at radius 2 is 1.79 bits per heavy atom. The van der Waals surface area contributed by atoms with Gasteiger partial charge in [-0.1, -0.05) is 0 Å². The second kappa shape index (κ2) is 8.71. The highest BCUT2D eigenvalue weighted by molar-refractivity contribution is 5.94. The summed E-state index contributed by atoms with van der Waals surface area (Å²) < 4.78 is 10.8. The lowest BCUT2D eigenvalue weighted by Gasteiger charge is -2.32. The quantitative estimate of drug-likeness (QED) is 0.595. The largest absolute Gasteiger partial charge is 0.497 e. The molecule has 148 valence electrons. The molecule has 1 amide bonds. The van der Waals surface area contributed by atoms with Crippen LogP contribution in [-0.4, -0.2) is 56.1 Å². The van der Waals surface area contributed by atoms with Gasteiger partial charge in [0.05, 0.1) is 50.9 Å². The Morgan fingerprint density at radius 1 is 1.11 bits per heavy atom. The number of methoxy groups -OCH3 is 2. The van der Waals surface area contributed by atoms with Gasteiger partial charge in [0.1, 0.15) is 18.0 Å². The van der Waals surface area contributed by atoms with E-state index in [1.54, 1.807) is 19.1 Å². The third-order valence-electron chi connectivity index (χ3n) is 5.01. The molecule has 28 heavy (non-hydrogen) atoms. The zero-order valence-corrected chi connectivity index (χ0v) is 16.0. The maximum atomic E-state index is 12.6. The van der Waals surface area contributed by atoms with Crippen LogP contribution in [0.5, 0.6) is 11.5 Å². The second-order valence-corrected chi connectivity index (χ2v) is 6.70. The third-order valence-corrected chi connectivity index (χ3v) is 5.01. The summed E-state index contributed by atoms with van der Waals surface area (Å²) in [4.78, 5) is 26.1. The van der Waals surface area contributed by atoms with Crippen LogP contribution in [0, 0.1) is 10.1 Å². The molecular formula is C20H24N3O5+. The van der Waals surface area contributed by atoms with Gasteiger partial charge in [-0.15, -0.1) is 0 Å². The van der Waals surface area contributed by atoms with Crippen LogP contribution >= 0.6 is 0 Å². The van der Waals surface area contributed by atoms with E-state index in [4.69, 9.17) is 9.47 Å². The van der Waals surface area contributed by atoms with Crippen LogP contribution in [-0.2, 0) is 6.54 Å². The van der Waals surface area contributed by atoms with E-state index in [9.17, 15) is 14.9 Å².